The number of likely N-dealkylation sites (N-methyl/N-ethyl adjacent to an activating group) is 1. The Kier molecular flexibility index (Phi) is 5.71. The SMILES string of the molecule is Cc1nc2ccccc2nc1CN1CCC(C(C)N2CCN(C)CC2)CC1. The number of para-hydroxylation sites is 2. The minimum atomic E-state index is 0.711. The molecular weight excluding hydrogens is 334 g/mol. The van der Waals surface area contributed by atoms with Crippen molar-refractivity contribution in [1.82, 2.24) is 24.7 Å². The summed E-state index contributed by atoms with van der Waals surface area (Å²) in [6.07, 6.45) is 2.60. The Morgan fingerprint density at radius 1 is 0.963 bits per heavy atom. The van der Waals surface area contributed by atoms with Gasteiger partial charge in [0.1, 0.15) is 0 Å². The molecule has 0 bridgehead atoms. The number of piperidine rings is 1. The van der Waals surface area contributed by atoms with Gasteiger partial charge in [-0.1, -0.05) is 12.1 Å². The molecule has 0 amide bonds. The van der Waals surface area contributed by atoms with Gasteiger partial charge in [-0.3, -0.25) is 9.80 Å². The Balaban J connectivity index is 1.34. The number of nitrogens with zero attached hydrogens (tertiary/aromatic N) is 5. The van der Waals surface area contributed by atoms with E-state index in [0.717, 1.165) is 34.9 Å². The molecule has 5 heteroatoms. The Bertz CT molecular complexity index is 760. The minimum Gasteiger partial charge on any atom is -0.304 e. The summed E-state index contributed by atoms with van der Waals surface area (Å²) < 4.78 is 0. The molecule has 0 saturated carbocycles. The molecule has 4 rings (SSSR count). The topological polar surface area (TPSA) is 35.5 Å². The zero-order valence-electron chi connectivity index (χ0n) is 17.1. The minimum absolute atomic E-state index is 0.711. The molecular formula is C22H33N5. The average molecular weight is 368 g/mol. The largest absolute Gasteiger partial charge is 0.304 e. The summed E-state index contributed by atoms with van der Waals surface area (Å²) in [7, 11) is 2.23. The van der Waals surface area contributed by atoms with Gasteiger partial charge in [0.05, 0.1) is 22.4 Å². The van der Waals surface area contributed by atoms with Gasteiger partial charge in [-0.15, -0.1) is 0 Å². The fourth-order valence-corrected chi connectivity index (χ4v) is 4.61. The summed E-state index contributed by atoms with van der Waals surface area (Å²) in [5, 5.41) is 0. The van der Waals surface area contributed by atoms with Crippen LogP contribution < -0.4 is 0 Å². The van der Waals surface area contributed by atoms with E-state index in [1.165, 1.54) is 52.1 Å². The van der Waals surface area contributed by atoms with E-state index in [-0.39, 0.29) is 0 Å². The van der Waals surface area contributed by atoms with Gasteiger partial charge in [0.15, 0.2) is 0 Å². The van der Waals surface area contributed by atoms with Crippen LogP contribution in [0.25, 0.3) is 11.0 Å². The van der Waals surface area contributed by atoms with E-state index in [0.29, 0.717) is 6.04 Å². The predicted molar refractivity (Wildman–Crippen MR) is 111 cm³/mol. The van der Waals surface area contributed by atoms with Crippen LogP contribution >= 0.6 is 0 Å². The zero-order valence-corrected chi connectivity index (χ0v) is 17.1. The van der Waals surface area contributed by atoms with Crippen LogP contribution in [0.5, 0.6) is 0 Å². The van der Waals surface area contributed by atoms with Crippen LogP contribution in [0, 0.1) is 12.8 Å². The maximum absolute atomic E-state index is 4.89. The fourth-order valence-electron chi connectivity index (χ4n) is 4.61. The molecule has 2 saturated heterocycles. The number of aryl methyl sites for hydroxylation is 1. The molecule has 0 radical (unpaired) electrons. The van der Waals surface area contributed by atoms with Crippen molar-refractivity contribution in [2.45, 2.75) is 39.3 Å². The number of rotatable bonds is 4. The van der Waals surface area contributed by atoms with E-state index in [2.05, 4.69) is 41.7 Å². The smallest absolute Gasteiger partial charge is 0.0890 e. The van der Waals surface area contributed by atoms with Gasteiger partial charge in [0.25, 0.3) is 0 Å². The van der Waals surface area contributed by atoms with E-state index in [1.54, 1.807) is 0 Å². The summed E-state index contributed by atoms with van der Waals surface area (Å²) in [5.41, 5.74) is 4.22. The first-order valence-electron chi connectivity index (χ1n) is 10.5. The third kappa shape index (κ3) is 4.31. The van der Waals surface area contributed by atoms with E-state index in [1.807, 2.05) is 18.2 Å². The van der Waals surface area contributed by atoms with Crippen molar-refractivity contribution in [3.8, 4) is 0 Å². The van der Waals surface area contributed by atoms with Gasteiger partial charge in [-0.25, -0.2) is 9.97 Å². The molecule has 146 valence electrons. The lowest BCUT2D eigenvalue weighted by Gasteiger charge is -2.42. The van der Waals surface area contributed by atoms with E-state index >= 15 is 0 Å². The van der Waals surface area contributed by atoms with Gasteiger partial charge < -0.3 is 4.90 Å². The second-order valence-corrected chi connectivity index (χ2v) is 8.44. The van der Waals surface area contributed by atoms with Crippen LogP contribution in [-0.4, -0.2) is 77.0 Å². The van der Waals surface area contributed by atoms with Crippen LogP contribution in [-0.2, 0) is 6.54 Å². The quantitative estimate of drug-likeness (QED) is 0.830. The van der Waals surface area contributed by atoms with Gasteiger partial charge in [-0.05, 0) is 64.9 Å². The lowest BCUT2D eigenvalue weighted by atomic mass is 9.89. The first-order valence-corrected chi connectivity index (χ1v) is 10.5. The molecule has 0 aliphatic carbocycles. The maximum Gasteiger partial charge on any atom is 0.0890 e. The third-order valence-electron chi connectivity index (χ3n) is 6.64. The zero-order chi connectivity index (χ0) is 18.8. The molecule has 2 aliphatic rings. The maximum atomic E-state index is 4.89. The molecule has 0 N–H and O–H groups in total. The lowest BCUT2D eigenvalue weighted by Crippen LogP contribution is -2.51. The molecule has 2 fully saturated rings. The highest BCUT2D eigenvalue weighted by Gasteiger charge is 2.29. The molecule has 1 aromatic carbocycles. The highest BCUT2D eigenvalue weighted by atomic mass is 15.3. The normalized spacial score (nSPS) is 22.3. The summed E-state index contributed by atoms with van der Waals surface area (Å²) in [6.45, 7) is 12.7. The Labute approximate surface area is 163 Å². The van der Waals surface area contributed by atoms with E-state index < -0.39 is 0 Å². The van der Waals surface area contributed by atoms with Crippen molar-refractivity contribution in [1.29, 1.82) is 0 Å². The summed E-state index contributed by atoms with van der Waals surface area (Å²) >= 11 is 0. The van der Waals surface area contributed by atoms with Crippen molar-refractivity contribution in [2.24, 2.45) is 5.92 Å². The standard InChI is InChI=1S/C22H33N5/c1-17-22(24-21-7-5-4-6-20(21)23-17)16-26-10-8-19(9-11-26)18(2)27-14-12-25(3)13-15-27/h4-7,18-19H,8-16H2,1-3H3. The second kappa shape index (κ2) is 8.21. The molecule has 2 aliphatic heterocycles. The van der Waals surface area contributed by atoms with Crippen LogP contribution in [0.3, 0.4) is 0 Å². The molecule has 2 aromatic rings. The number of fused-ring (bicyclic) bond motifs is 1. The third-order valence-corrected chi connectivity index (χ3v) is 6.64. The molecule has 3 heterocycles. The number of piperazine rings is 1. The number of hydrogen-bond donors (Lipinski definition) is 0. The summed E-state index contributed by atoms with van der Waals surface area (Å²) in [6, 6.07) is 8.90. The van der Waals surface area contributed by atoms with Crippen molar-refractivity contribution >= 4 is 11.0 Å². The van der Waals surface area contributed by atoms with Gasteiger partial charge >= 0.3 is 0 Å². The first kappa shape index (κ1) is 18.8. The molecule has 27 heavy (non-hydrogen) atoms. The predicted octanol–water partition coefficient (Wildman–Crippen LogP) is 2.79. The van der Waals surface area contributed by atoms with Crippen LogP contribution in [0.4, 0.5) is 0 Å². The van der Waals surface area contributed by atoms with Crippen molar-refractivity contribution in [2.75, 3.05) is 46.3 Å². The molecule has 1 aromatic heterocycles. The van der Waals surface area contributed by atoms with Crippen LogP contribution in [0.2, 0.25) is 0 Å². The van der Waals surface area contributed by atoms with Crippen molar-refractivity contribution < 1.29 is 0 Å². The second-order valence-electron chi connectivity index (χ2n) is 8.44. The summed E-state index contributed by atoms with van der Waals surface area (Å²) in [4.78, 5) is 17.4. The number of benzene rings is 1. The first-order chi connectivity index (χ1) is 13.1. The van der Waals surface area contributed by atoms with Gasteiger partial charge in [0.2, 0.25) is 0 Å². The van der Waals surface area contributed by atoms with E-state index in [4.69, 9.17) is 9.97 Å². The van der Waals surface area contributed by atoms with Crippen LogP contribution in [0.15, 0.2) is 24.3 Å². The lowest BCUT2D eigenvalue weighted by molar-refractivity contribution is 0.0595. The fraction of sp³-hybridized carbons (Fsp3) is 0.636. The van der Waals surface area contributed by atoms with Crippen LogP contribution in [0.1, 0.15) is 31.2 Å². The van der Waals surface area contributed by atoms with Gasteiger partial charge in [0, 0.05) is 38.8 Å². The Hall–Kier alpha value is -1.56. The van der Waals surface area contributed by atoms with Gasteiger partial charge in [-0.2, -0.15) is 0 Å². The average Bonchev–Trinajstić information content (AvgIpc) is 2.69. The number of aromatic nitrogens is 2. The Morgan fingerprint density at radius 3 is 2.26 bits per heavy atom. The number of hydrogen-bond acceptors (Lipinski definition) is 5. The molecule has 5 nitrogen and oxygen atoms in total. The highest BCUT2D eigenvalue weighted by Crippen LogP contribution is 2.26. The highest BCUT2D eigenvalue weighted by molar-refractivity contribution is 5.74. The molecule has 1 atom stereocenters. The Morgan fingerprint density at radius 2 is 1.59 bits per heavy atom. The number of likely N-dealkylation sites (tertiary alicyclic amines) is 1. The molecule has 0 spiro atoms. The monoisotopic (exact) mass is 367 g/mol. The van der Waals surface area contributed by atoms with Crippen molar-refractivity contribution in [3.63, 3.8) is 0 Å². The van der Waals surface area contributed by atoms with Crippen molar-refractivity contribution in [3.05, 3.63) is 35.7 Å². The van der Waals surface area contributed by atoms with E-state index in [9.17, 15) is 0 Å². The molecule has 1 unspecified atom stereocenters. The summed E-state index contributed by atoms with van der Waals surface area (Å²) in [5.74, 6) is 0.827.